The Labute approximate surface area is 85.4 Å². The number of hydrogen-bond donors (Lipinski definition) is 1. The van der Waals surface area contributed by atoms with Gasteiger partial charge in [-0.15, -0.1) is 0 Å². The highest BCUT2D eigenvalue weighted by Crippen LogP contribution is 2.15. The summed E-state index contributed by atoms with van der Waals surface area (Å²) in [5.74, 6) is 0.291. The molecule has 0 radical (unpaired) electrons. The van der Waals surface area contributed by atoms with E-state index in [4.69, 9.17) is 10.5 Å². The molecule has 1 amide bonds. The lowest BCUT2D eigenvalue weighted by Gasteiger charge is -2.29. The van der Waals surface area contributed by atoms with E-state index in [-0.39, 0.29) is 11.9 Å². The fourth-order valence-electron chi connectivity index (χ4n) is 1.73. The van der Waals surface area contributed by atoms with Crippen molar-refractivity contribution in [2.75, 3.05) is 26.8 Å². The molecule has 0 spiro atoms. The van der Waals surface area contributed by atoms with Crippen molar-refractivity contribution in [1.82, 2.24) is 4.90 Å². The molecule has 1 rings (SSSR count). The summed E-state index contributed by atoms with van der Waals surface area (Å²) in [5, 5.41) is 0. The summed E-state index contributed by atoms with van der Waals surface area (Å²) in [6, 6.07) is -0.183. The summed E-state index contributed by atoms with van der Waals surface area (Å²) >= 11 is 0. The fraction of sp³-hybridized carbons (Fsp3) is 0.900. The summed E-state index contributed by atoms with van der Waals surface area (Å²) in [4.78, 5) is 12.9. The summed E-state index contributed by atoms with van der Waals surface area (Å²) in [5.41, 5.74) is 5.23. The van der Waals surface area contributed by atoms with Gasteiger partial charge in [0.15, 0.2) is 0 Å². The van der Waals surface area contributed by atoms with Crippen LogP contribution in [0.4, 0.5) is 0 Å². The van der Waals surface area contributed by atoms with Crippen LogP contribution in [-0.2, 0) is 9.53 Å². The molecule has 0 aromatic heterocycles. The minimum atomic E-state index is -0.260. The number of ether oxygens (including phenoxy) is 1. The van der Waals surface area contributed by atoms with Crippen LogP contribution < -0.4 is 5.73 Å². The van der Waals surface area contributed by atoms with Crippen LogP contribution in [0.15, 0.2) is 0 Å². The second kappa shape index (κ2) is 5.32. The number of carbonyl (C=O) groups excluding carboxylic acids is 1. The van der Waals surface area contributed by atoms with Gasteiger partial charge in [-0.2, -0.15) is 0 Å². The lowest BCUT2D eigenvalue weighted by atomic mass is 10.0. The Hall–Kier alpha value is -0.610. The van der Waals surface area contributed by atoms with Gasteiger partial charge in [0.05, 0.1) is 12.6 Å². The summed E-state index contributed by atoms with van der Waals surface area (Å²) in [7, 11) is 1.93. The molecular formula is C10H20N2O2. The maximum absolute atomic E-state index is 10.9. The molecule has 2 atom stereocenters. The number of nitrogens with two attached hydrogens (primary N) is 1. The molecule has 14 heavy (non-hydrogen) atoms. The number of likely N-dealkylation sites (N-methyl/N-ethyl adjacent to an activating group) is 1. The molecule has 1 saturated heterocycles. The van der Waals surface area contributed by atoms with Crippen LogP contribution in [0.3, 0.4) is 0 Å². The van der Waals surface area contributed by atoms with Gasteiger partial charge in [0.1, 0.15) is 0 Å². The third kappa shape index (κ3) is 3.27. The standard InChI is InChI=1S/C10H20N2O2/c1-8(10(11)13)12(2)6-9-4-3-5-14-7-9/h8-9H,3-7H2,1-2H3,(H2,11,13). The van der Waals surface area contributed by atoms with E-state index in [2.05, 4.69) is 0 Å². The molecule has 4 heteroatoms. The summed E-state index contributed by atoms with van der Waals surface area (Å²) in [6.07, 6.45) is 2.32. The van der Waals surface area contributed by atoms with Gasteiger partial charge in [0.25, 0.3) is 0 Å². The number of amides is 1. The predicted molar refractivity (Wildman–Crippen MR) is 54.8 cm³/mol. The Morgan fingerprint density at radius 3 is 2.93 bits per heavy atom. The number of hydrogen-bond acceptors (Lipinski definition) is 3. The highest BCUT2D eigenvalue weighted by Gasteiger charge is 2.20. The van der Waals surface area contributed by atoms with Gasteiger partial charge in [-0.1, -0.05) is 0 Å². The average Bonchev–Trinajstić information content (AvgIpc) is 2.18. The van der Waals surface area contributed by atoms with Gasteiger partial charge in [0.2, 0.25) is 5.91 Å². The topological polar surface area (TPSA) is 55.6 Å². The van der Waals surface area contributed by atoms with Gasteiger partial charge in [-0.25, -0.2) is 0 Å². The zero-order chi connectivity index (χ0) is 10.6. The van der Waals surface area contributed by atoms with E-state index in [9.17, 15) is 4.79 Å². The SMILES string of the molecule is CC(C(N)=O)N(C)CC1CCCOC1. The molecule has 1 aliphatic heterocycles. The monoisotopic (exact) mass is 200 g/mol. The normalized spacial score (nSPS) is 24.9. The molecule has 2 N–H and O–H groups in total. The third-order valence-electron chi connectivity index (χ3n) is 2.87. The first-order chi connectivity index (χ1) is 6.61. The maximum atomic E-state index is 10.9. The minimum Gasteiger partial charge on any atom is -0.381 e. The van der Waals surface area contributed by atoms with Crippen LogP contribution in [0.25, 0.3) is 0 Å². The molecule has 0 saturated carbocycles. The van der Waals surface area contributed by atoms with Crippen LogP contribution in [0.5, 0.6) is 0 Å². The average molecular weight is 200 g/mol. The molecule has 4 nitrogen and oxygen atoms in total. The van der Waals surface area contributed by atoms with Crippen molar-refractivity contribution < 1.29 is 9.53 Å². The highest BCUT2D eigenvalue weighted by molar-refractivity contribution is 5.79. The molecule has 0 aliphatic carbocycles. The van der Waals surface area contributed by atoms with E-state index in [0.29, 0.717) is 5.92 Å². The largest absolute Gasteiger partial charge is 0.381 e. The molecule has 0 aromatic rings. The van der Waals surface area contributed by atoms with Crippen LogP contribution in [-0.4, -0.2) is 43.7 Å². The van der Waals surface area contributed by atoms with Crippen molar-refractivity contribution in [3.63, 3.8) is 0 Å². The third-order valence-corrected chi connectivity index (χ3v) is 2.87. The van der Waals surface area contributed by atoms with E-state index in [1.807, 2.05) is 18.9 Å². The van der Waals surface area contributed by atoms with Gasteiger partial charge in [-0.05, 0) is 32.7 Å². The van der Waals surface area contributed by atoms with E-state index >= 15 is 0 Å². The number of carbonyl (C=O) groups is 1. The van der Waals surface area contributed by atoms with Crippen LogP contribution >= 0.6 is 0 Å². The number of rotatable bonds is 4. The van der Waals surface area contributed by atoms with Crippen molar-refractivity contribution in [2.24, 2.45) is 11.7 Å². The zero-order valence-corrected chi connectivity index (χ0v) is 9.03. The van der Waals surface area contributed by atoms with E-state index in [0.717, 1.165) is 26.2 Å². The lowest BCUT2D eigenvalue weighted by molar-refractivity contribution is -0.122. The first kappa shape index (κ1) is 11.5. The maximum Gasteiger partial charge on any atom is 0.234 e. The number of nitrogens with zero attached hydrogens (tertiary/aromatic N) is 1. The van der Waals surface area contributed by atoms with Crippen LogP contribution in [0, 0.1) is 5.92 Å². The van der Waals surface area contributed by atoms with Gasteiger partial charge in [-0.3, -0.25) is 9.69 Å². The molecule has 1 aliphatic rings. The van der Waals surface area contributed by atoms with Gasteiger partial charge < -0.3 is 10.5 Å². The molecule has 2 unspecified atom stereocenters. The summed E-state index contributed by atoms with van der Waals surface area (Å²) < 4.78 is 5.38. The molecule has 1 heterocycles. The van der Waals surface area contributed by atoms with E-state index in [1.165, 1.54) is 6.42 Å². The van der Waals surface area contributed by atoms with Crippen molar-refractivity contribution in [3.8, 4) is 0 Å². The Balaban J connectivity index is 2.31. The Morgan fingerprint density at radius 2 is 2.43 bits per heavy atom. The first-order valence-corrected chi connectivity index (χ1v) is 5.18. The first-order valence-electron chi connectivity index (χ1n) is 5.18. The molecule has 1 fully saturated rings. The molecular weight excluding hydrogens is 180 g/mol. The molecule has 82 valence electrons. The highest BCUT2D eigenvalue weighted by atomic mass is 16.5. The van der Waals surface area contributed by atoms with Gasteiger partial charge >= 0.3 is 0 Å². The van der Waals surface area contributed by atoms with Gasteiger partial charge in [0, 0.05) is 13.2 Å². The van der Waals surface area contributed by atoms with E-state index in [1.54, 1.807) is 0 Å². The van der Waals surface area contributed by atoms with Crippen LogP contribution in [0.1, 0.15) is 19.8 Å². The van der Waals surface area contributed by atoms with Crippen LogP contribution in [0.2, 0.25) is 0 Å². The predicted octanol–water partition coefficient (Wildman–Crippen LogP) is 0.219. The van der Waals surface area contributed by atoms with Crippen molar-refractivity contribution >= 4 is 5.91 Å². The van der Waals surface area contributed by atoms with Crippen molar-refractivity contribution in [1.29, 1.82) is 0 Å². The quantitative estimate of drug-likeness (QED) is 0.706. The zero-order valence-electron chi connectivity index (χ0n) is 9.03. The lowest BCUT2D eigenvalue weighted by Crippen LogP contribution is -2.43. The Bertz CT molecular complexity index is 191. The molecule has 0 aromatic carbocycles. The minimum absolute atomic E-state index is 0.183. The van der Waals surface area contributed by atoms with Crippen molar-refractivity contribution in [2.45, 2.75) is 25.8 Å². The van der Waals surface area contributed by atoms with Crippen molar-refractivity contribution in [3.05, 3.63) is 0 Å². The fourth-order valence-corrected chi connectivity index (χ4v) is 1.73. The second-order valence-electron chi connectivity index (χ2n) is 4.10. The smallest absolute Gasteiger partial charge is 0.234 e. The second-order valence-corrected chi connectivity index (χ2v) is 4.10. The Morgan fingerprint density at radius 1 is 1.71 bits per heavy atom. The molecule has 0 bridgehead atoms. The van der Waals surface area contributed by atoms with E-state index < -0.39 is 0 Å². The summed E-state index contributed by atoms with van der Waals surface area (Å²) in [6.45, 7) is 4.43. The number of primary amides is 1. The Kier molecular flexibility index (Phi) is 4.35.